The topological polar surface area (TPSA) is 78.0 Å². The van der Waals surface area contributed by atoms with Crippen molar-refractivity contribution >= 4 is 44.7 Å². The molecule has 0 atom stereocenters. The van der Waals surface area contributed by atoms with Gasteiger partial charge in [-0.05, 0) is 42.0 Å². The molecule has 0 aliphatic heterocycles. The van der Waals surface area contributed by atoms with Gasteiger partial charge in [-0.25, -0.2) is 4.98 Å². The molecule has 1 heterocycles. The zero-order valence-electron chi connectivity index (χ0n) is 15.0. The molecule has 0 fully saturated rings. The molecule has 29 heavy (non-hydrogen) atoms. The number of halogens is 1. The van der Waals surface area contributed by atoms with Crippen molar-refractivity contribution < 1.29 is 4.92 Å². The summed E-state index contributed by atoms with van der Waals surface area (Å²) in [6, 6.07) is 20.9. The summed E-state index contributed by atoms with van der Waals surface area (Å²) in [7, 11) is 0. The number of rotatable bonds is 4. The third kappa shape index (κ3) is 3.86. The molecule has 0 saturated carbocycles. The third-order valence-corrected chi connectivity index (χ3v) is 4.87. The van der Waals surface area contributed by atoms with E-state index in [1.54, 1.807) is 36.4 Å². The zero-order chi connectivity index (χ0) is 20.4. The Balaban J connectivity index is 1.91. The van der Waals surface area contributed by atoms with E-state index in [9.17, 15) is 14.9 Å². The van der Waals surface area contributed by atoms with Crippen molar-refractivity contribution in [3.05, 3.63) is 109 Å². The Morgan fingerprint density at radius 3 is 2.52 bits per heavy atom. The van der Waals surface area contributed by atoms with Crippen LogP contribution in [0.5, 0.6) is 0 Å². The number of nitro benzene ring substituents is 1. The zero-order valence-corrected chi connectivity index (χ0v) is 16.6. The molecule has 142 valence electrons. The summed E-state index contributed by atoms with van der Waals surface area (Å²) in [5, 5.41) is 11.5. The van der Waals surface area contributed by atoms with Crippen molar-refractivity contribution in [3.8, 4) is 5.69 Å². The fraction of sp³-hybridized carbons (Fsp3) is 0. The van der Waals surface area contributed by atoms with Crippen LogP contribution in [0.2, 0.25) is 0 Å². The summed E-state index contributed by atoms with van der Waals surface area (Å²) in [4.78, 5) is 28.4. The maximum Gasteiger partial charge on any atom is 0.270 e. The molecule has 0 N–H and O–H groups in total. The lowest BCUT2D eigenvalue weighted by Crippen LogP contribution is -2.22. The molecule has 4 aromatic rings. The van der Waals surface area contributed by atoms with Crippen LogP contribution >= 0.6 is 15.9 Å². The molecule has 0 amide bonds. The number of non-ortho nitro benzene ring substituents is 1. The average Bonchev–Trinajstić information content (AvgIpc) is 2.73. The Labute approximate surface area is 174 Å². The lowest BCUT2D eigenvalue weighted by molar-refractivity contribution is -0.384. The Hall–Kier alpha value is -3.58. The summed E-state index contributed by atoms with van der Waals surface area (Å²) in [5.41, 5.74) is 1.71. The molecule has 0 bridgehead atoms. The minimum atomic E-state index is -0.441. The smallest absolute Gasteiger partial charge is 0.268 e. The second kappa shape index (κ2) is 7.81. The molecule has 0 unspecified atom stereocenters. The molecule has 0 radical (unpaired) electrons. The van der Waals surface area contributed by atoms with Gasteiger partial charge in [0, 0.05) is 16.6 Å². The van der Waals surface area contributed by atoms with E-state index in [2.05, 4.69) is 20.9 Å². The van der Waals surface area contributed by atoms with Crippen molar-refractivity contribution in [1.82, 2.24) is 9.55 Å². The lowest BCUT2D eigenvalue weighted by atomic mass is 10.2. The lowest BCUT2D eigenvalue weighted by Gasteiger charge is -2.11. The average molecular weight is 448 g/mol. The Kier molecular flexibility index (Phi) is 5.05. The van der Waals surface area contributed by atoms with E-state index in [-0.39, 0.29) is 11.2 Å². The second-order valence-corrected chi connectivity index (χ2v) is 7.21. The monoisotopic (exact) mass is 447 g/mol. The number of aromatic nitrogens is 2. The van der Waals surface area contributed by atoms with Gasteiger partial charge in [-0.15, -0.1) is 0 Å². The first-order valence-electron chi connectivity index (χ1n) is 8.73. The SMILES string of the molecule is O=c1c2cc(Br)ccc2nc(/C=C/c2cccc([N+](=O)[O-])c2)n1-c1ccccc1. The molecular formula is C22H14BrN3O3. The van der Waals surface area contributed by atoms with Crippen LogP contribution < -0.4 is 5.56 Å². The molecule has 1 aromatic heterocycles. The summed E-state index contributed by atoms with van der Waals surface area (Å²) in [6.45, 7) is 0. The quantitative estimate of drug-likeness (QED) is 0.317. The van der Waals surface area contributed by atoms with Crippen LogP contribution in [0.15, 0.2) is 82.1 Å². The number of fused-ring (bicyclic) bond motifs is 1. The van der Waals surface area contributed by atoms with Gasteiger partial charge in [-0.1, -0.05) is 52.3 Å². The second-order valence-electron chi connectivity index (χ2n) is 6.29. The van der Waals surface area contributed by atoms with Crippen molar-refractivity contribution in [3.63, 3.8) is 0 Å². The molecule has 6 nitrogen and oxygen atoms in total. The van der Waals surface area contributed by atoms with Crippen molar-refractivity contribution in [2.45, 2.75) is 0 Å². The summed E-state index contributed by atoms with van der Waals surface area (Å²) in [5.74, 6) is 0.433. The van der Waals surface area contributed by atoms with Gasteiger partial charge < -0.3 is 0 Å². The minimum absolute atomic E-state index is 0.00363. The maximum atomic E-state index is 13.2. The first kappa shape index (κ1) is 18.8. The van der Waals surface area contributed by atoms with Gasteiger partial charge in [0.25, 0.3) is 11.2 Å². The Morgan fingerprint density at radius 2 is 1.76 bits per heavy atom. The predicted molar refractivity (Wildman–Crippen MR) is 117 cm³/mol. The summed E-state index contributed by atoms with van der Waals surface area (Å²) in [6.07, 6.45) is 3.40. The van der Waals surface area contributed by atoms with E-state index in [0.717, 1.165) is 4.47 Å². The van der Waals surface area contributed by atoms with Gasteiger partial charge in [-0.2, -0.15) is 0 Å². The molecule has 3 aromatic carbocycles. The van der Waals surface area contributed by atoms with Crippen molar-refractivity contribution in [2.24, 2.45) is 0 Å². The van der Waals surface area contributed by atoms with Crippen LogP contribution in [-0.4, -0.2) is 14.5 Å². The van der Waals surface area contributed by atoms with Crippen LogP contribution in [0, 0.1) is 10.1 Å². The number of benzene rings is 3. The Morgan fingerprint density at radius 1 is 0.966 bits per heavy atom. The molecule has 0 aliphatic rings. The number of hydrogen-bond donors (Lipinski definition) is 0. The predicted octanol–water partition coefficient (Wildman–Crippen LogP) is 5.23. The number of hydrogen-bond acceptors (Lipinski definition) is 4. The van der Waals surface area contributed by atoms with Crippen LogP contribution in [-0.2, 0) is 0 Å². The molecule has 0 saturated heterocycles. The van der Waals surface area contributed by atoms with E-state index in [0.29, 0.717) is 28.0 Å². The summed E-state index contributed by atoms with van der Waals surface area (Å²) >= 11 is 3.40. The maximum absolute atomic E-state index is 13.2. The van der Waals surface area contributed by atoms with Crippen LogP contribution in [0.1, 0.15) is 11.4 Å². The van der Waals surface area contributed by atoms with Gasteiger partial charge in [-0.3, -0.25) is 19.5 Å². The molecule has 4 rings (SSSR count). The highest BCUT2D eigenvalue weighted by Gasteiger charge is 2.12. The van der Waals surface area contributed by atoms with E-state index < -0.39 is 4.92 Å². The molecule has 0 aliphatic carbocycles. The first-order valence-corrected chi connectivity index (χ1v) is 9.52. The highest BCUT2D eigenvalue weighted by atomic mass is 79.9. The van der Waals surface area contributed by atoms with Crippen LogP contribution in [0.25, 0.3) is 28.7 Å². The van der Waals surface area contributed by atoms with E-state index in [1.807, 2.05) is 36.4 Å². The largest absolute Gasteiger partial charge is 0.270 e. The van der Waals surface area contributed by atoms with Gasteiger partial charge in [0.15, 0.2) is 0 Å². The van der Waals surface area contributed by atoms with Crippen LogP contribution in [0.3, 0.4) is 0 Å². The summed E-state index contributed by atoms with van der Waals surface area (Å²) < 4.78 is 2.33. The van der Waals surface area contributed by atoms with E-state index in [4.69, 9.17) is 0 Å². The number of nitrogens with zero attached hydrogens (tertiary/aromatic N) is 3. The third-order valence-electron chi connectivity index (χ3n) is 4.38. The van der Waals surface area contributed by atoms with Crippen molar-refractivity contribution in [2.75, 3.05) is 0 Å². The van der Waals surface area contributed by atoms with Crippen LogP contribution in [0.4, 0.5) is 5.69 Å². The van der Waals surface area contributed by atoms with Gasteiger partial charge >= 0.3 is 0 Å². The molecule has 7 heteroatoms. The van der Waals surface area contributed by atoms with E-state index >= 15 is 0 Å². The van der Waals surface area contributed by atoms with Gasteiger partial charge in [0.1, 0.15) is 5.82 Å². The minimum Gasteiger partial charge on any atom is -0.268 e. The first-order chi connectivity index (χ1) is 14.0. The molecular weight excluding hydrogens is 434 g/mol. The van der Waals surface area contributed by atoms with E-state index in [1.165, 1.54) is 16.7 Å². The number of para-hydroxylation sites is 1. The van der Waals surface area contributed by atoms with Gasteiger partial charge in [0.05, 0.1) is 21.5 Å². The van der Waals surface area contributed by atoms with Crippen molar-refractivity contribution in [1.29, 1.82) is 0 Å². The highest BCUT2D eigenvalue weighted by molar-refractivity contribution is 9.10. The Bertz CT molecular complexity index is 1310. The number of nitro groups is 1. The van der Waals surface area contributed by atoms with Gasteiger partial charge in [0.2, 0.25) is 0 Å². The fourth-order valence-corrected chi connectivity index (χ4v) is 3.39. The highest BCUT2D eigenvalue weighted by Crippen LogP contribution is 2.20. The fourth-order valence-electron chi connectivity index (χ4n) is 3.03. The normalized spacial score (nSPS) is 11.2. The molecule has 0 spiro atoms. The standard InChI is InChI=1S/C22H14BrN3O3/c23-16-10-11-20-19(14-16)22(27)25(17-6-2-1-3-7-17)21(24-20)12-9-15-5-4-8-18(13-15)26(28)29/h1-14H/b12-9+.